The highest BCUT2D eigenvalue weighted by Crippen LogP contribution is 2.27. The number of aromatic hydroxyl groups is 2. The van der Waals surface area contributed by atoms with Crippen molar-refractivity contribution < 1.29 is 24.9 Å². The molecule has 0 aliphatic carbocycles. The second-order valence-electron chi connectivity index (χ2n) is 5.44. The maximum Gasteiger partial charge on any atom is 0.329 e. The number of nitrogens with one attached hydrogen (secondary N) is 1. The largest absolute Gasteiger partial charge is 0.504 e. The Balaban J connectivity index is 2.97. The van der Waals surface area contributed by atoms with Crippen molar-refractivity contribution in [1.29, 1.82) is 0 Å². The summed E-state index contributed by atoms with van der Waals surface area (Å²) in [5, 5.41) is 30.7. The molecular weight excluding hydrogens is 274 g/mol. The Morgan fingerprint density at radius 2 is 1.90 bits per heavy atom. The molecule has 0 aliphatic heterocycles. The maximum atomic E-state index is 11.9. The fourth-order valence-electron chi connectivity index (χ4n) is 1.84. The van der Waals surface area contributed by atoms with Gasteiger partial charge in [-0.25, -0.2) is 4.79 Å². The second-order valence-corrected chi connectivity index (χ2v) is 5.44. The predicted octanol–water partition coefficient (Wildman–Crippen LogP) is 1.65. The van der Waals surface area contributed by atoms with E-state index in [1.54, 1.807) is 6.92 Å². The summed E-state index contributed by atoms with van der Waals surface area (Å²) < 4.78 is 0. The first-order valence-corrected chi connectivity index (χ1v) is 6.76. The van der Waals surface area contributed by atoms with Crippen LogP contribution >= 0.6 is 0 Å². The highest BCUT2D eigenvalue weighted by molar-refractivity contribution is 5.87. The molecule has 6 heteroatoms. The van der Waals surface area contributed by atoms with Gasteiger partial charge in [-0.2, -0.15) is 0 Å². The molecule has 0 aromatic heterocycles. The average Bonchev–Trinajstić information content (AvgIpc) is 2.41. The van der Waals surface area contributed by atoms with E-state index in [9.17, 15) is 24.9 Å². The zero-order valence-corrected chi connectivity index (χ0v) is 12.4. The quantitative estimate of drug-likeness (QED) is 0.597. The minimum absolute atomic E-state index is 0.00164. The number of carbonyl (C=O) groups excluding carboxylic acids is 1. The van der Waals surface area contributed by atoms with Crippen LogP contribution in [-0.4, -0.2) is 32.7 Å². The van der Waals surface area contributed by atoms with Crippen LogP contribution in [0.15, 0.2) is 18.2 Å². The summed E-state index contributed by atoms with van der Waals surface area (Å²) in [6.45, 7) is 4.99. The number of benzene rings is 1. The van der Waals surface area contributed by atoms with E-state index in [0.717, 1.165) is 0 Å². The number of hydrogen-bond acceptors (Lipinski definition) is 4. The molecular formula is C15H21NO5. The van der Waals surface area contributed by atoms with Crippen LogP contribution in [0.3, 0.4) is 0 Å². The number of carboxylic acids is 1. The van der Waals surface area contributed by atoms with Gasteiger partial charge in [-0.05, 0) is 31.0 Å². The molecule has 0 bridgehead atoms. The standard InChI is InChI=1S/C15H21NO5/c1-4-9(2)13(19)16-15(3,14(20)21)8-10-5-6-11(17)12(18)7-10/h5-7,9,17-18H,4,8H2,1-3H3,(H,16,19)(H,20,21)/t9?,15-/m0/s1. The lowest BCUT2D eigenvalue weighted by Gasteiger charge is -2.28. The lowest BCUT2D eigenvalue weighted by atomic mass is 9.91. The molecule has 116 valence electrons. The molecule has 0 radical (unpaired) electrons. The first-order chi connectivity index (χ1) is 9.69. The molecule has 2 atom stereocenters. The van der Waals surface area contributed by atoms with Crippen LogP contribution in [-0.2, 0) is 16.0 Å². The Labute approximate surface area is 123 Å². The van der Waals surface area contributed by atoms with Crippen molar-refractivity contribution in [2.24, 2.45) is 5.92 Å². The van der Waals surface area contributed by atoms with Gasteiger partial charge in [0.1, 0.15) is 5.54 Å². The third kappa shape index (κ3) is 4.11. The van der Waals surface area contributed by atoms with Crippen molar-refractivity contribution in [3.63, 3.8) is 0 Å². The number of hydrogen-bond donors (Lipinski definition) is 4. The van der Waals surface area contributed by atoms with E-state index in [2.05, 4.69) is 5.32 Å². The number of rotatable bonds is 6. The van der Waals surface area contributed by atoms with Crippen molar-refractivity contribution in [2.45, 2.75) is 39.2 Å². The van der Waals surface area contributed by atoms with Crippen LogP contribution in [0.1, 0.15) is 32.8 Å². The third-order valence-corrected chi connectivity index (χ3v) is 3.53. The van der Waals surface area contributed by atoms with E-state index >= 15 is 0 Å². The summed E-state index contributed by atoms with van der Waals surface area (Å²) in [6, 6.07) is 4.07. The molecule has 0 spiro atoms. The summed E-state index contributed by atoms with van der Waals surface area (Å²) in [5.74, 6) is -2.37. The van der Waals surface area contributed by atoms with Crippen LogP contribution in [0.4, 0.5) is 0 Å². The van der Waals surface area contributed by atoms with Crippen LogP contribution < -0.4 is 5.32 Å². The molecule has 0 aliphatic rings. The van der Waals surface area contributed by atoms with Gasteiger partial charge in [0.15, 0.2) is 11.5 Å². The van der Waals surface area contributed by atoms with E-state index in [0.29, 0.717) is 12.0 Å². The summed E-state index contributed by atoms with van der Waals surface area (Å²) in [6.07, 6.45) is 0.611. The maximum absolute atomic E-state index is 11.9. The summed E-state index contributed by atoms with van der Waals surface area (Å²) in [4.78, 5) is 23.4. The van der Waals surface area contributed by atoms with E-state index in [4.69, 9.17) is 0 Å². The summed E-state index contributed by atoms with van der Waals surface area (Å²) in [7, 11) is 0. The van der Waals surface area contributed by atoms with E-state index in [1.807, 2.05) is 6.92 Å². The van der Waals surface area contributed by atoms with E-state index in [1.165, 1.54) is 25.1 Å². The van der Waals surface area contributed by atoms with Crippen molar-refractivity contribution in [3.05, 3.63) is 23.8 Å². The number of phenolic OH excluding ortho intramolecular Hbond substituents is 2. The van der Waals surface area contributed by atoms with E-state index in [-0.39, 0.29) is 29.7 Å². The number of aliphatic carboxylic acids is 1. The van der Waals surface area contributed by atoms with Crippen LogP contribution in [0.2, 0.25) is 0 Å². The van der Waals surface area contributed by atoms with Gasteiger partial charge in [0, 0.05) is 12.3 Å². The molecule has 1 aromatic rings. The second kappa shape index (κ2) is 6.47. The molecule has 1 rings (SSSR count). The number of carboxylic acid groups (broad SMARTS) is 1. The zero-order chi connectivity index (χ0) is 16.2. The highest BCUT2D eigenvalue weighted by Gasteiger charge is 2.36. The Hall–Kier alpha value is -2.24. The molecule has 0 saturated heterocycles. The van der Waals surface area contributed by atoms with Crippen molar-refractivity contribution >= 4 is 11.9 Å². The van der Waals surface area contributed by atoms with Crippen molar-refractivity contribution in [3.8, 4) is 11.5 Å². The minimum atomic E-state index is -1.48. The molecule has 6 nitrogen and oxygen atoms in total. The van der Waals surface area contributed by atoms with E-state index < -0.39 is 11.5 Å². The normalized spacial score (nSPS) is 15.0. The van der Waals surface area contributed by atoms with Gasteiger partial charge in [0.05, 0.1) is 0 Å². The fourth-order valence-corrected chi connectivity index (χ4v) is 1.84. The Bertz CT molecular complexity index is 543. The first-order valence-electron chi connectivity index (χ1n) is 6.76. The molecule has 0 saturated carbocycles. The number of amides is 1. The smallest absolute Gasteiger partial charge is 0.329 e. The van der Waals surface area contributed by atoms with Crippen molar-refractivity contribution in [2.75, 3.05) is 0 Å². The summed E-state index contributed by atoms with van der Waals surface area (Å²) in [5.41, 5.74) is -0.983. The molecule has 0 fully saturated rings. The van der Waals surface area contributed by atoms with Gasteiger partial charge in [0.2, 0.25) is 5.91 Å². The summed E-state index contributed by atoms with van der Waals surface area (Å²) >= 11 is 0. The molecule has 1 aromatic carbocycles. The van der Waals surface area contributed by atoms with Gasteiger partial charge >= 0.3 is 5.97 Å². The topological polar surface area (TPSA) is 107 Å². The van der Waals surface area contributed by atoms with Crippen LogP contribution in [0.25, 0.3) is 0 Å². The van der Waals surface area contributed by atoms with Crippen LogP contribution in [0, 0.1) is 5.92 Å². The molecule has 1 unspecified atom stereocenters. The fraction of sp³-hybridized carbons (Fsp3) is 0.467. The molecule has 4 N–H and O–H groups in total. The molecule has 21 heavy (non-hydrogen) atoms. The lowest BCUT2D eigenvalue weighted by molar-refractivity contribution is -0.147. The highest BCUT2D eigenvalue weighted by atomic mass is 16.4. The zero-order valence-electron chi connectivity index (χ0n) is 12.4. The minimum Gasteiger partial charge on any atom is -0.504 e. The SMILES string of the molecule is CCC(C)C(=O)N[C@@](C)(Cc1ccc(O)c(O)c1)C(=O)O. The Morgan fingerprint density at radius 3 is 2.38 bits per heavy atom. The molecule has 0 heterocycles. The first kappa shape index (κ1) is 16.8. The number of carbonyl (C=O) groups is 2. The Morgan fingerprint density at radius 1 is 1.29 bits per heavy atom. The Kier molecular flexibility index (Phi) is 5.18. The average molecular weight is 295 g/mol. The van der Waals surface area contributed by atoms with Crippen molar-refractivity contribution in [1.82, 2.24) is 5.32 Å². The third-order valence-electron chi connectivity index (χ3n) is 3.53. The van der Waals surface area contributed by atoms with Gasteiger partial charge in [0.25, 0.3) is 0 Å². The predicted molar refractivity (Wildman–Crippen MR) is 77.1 cm³/mol. The lowest BCUT2D eigenvalue weighted by Crippen LogP contribution is -2.55. The van der Waals surface area contributed by atoms with Crippen LogP contribution in [0.5, 0.6) is 11.5 Å². The van der Waals surface area contributed by atoms with Gasteiger partial charge in [-0.1, -0.05) is 19.9 Å². The van der Waals surface area contributed by atoms with Gasteiger partial charge in [-0.3, -0.25) is 4.79 Å². The monoisotopic (exact) mass is 295 g/mol. The van der Waals surface area contributed by atoms with Gasteiger partial charge < -0.3 is 20.6 Å². The molecule has 1 amide bonds. The number of phenols is 2. The van der Waals surface area contributed by atoms with Gasteiger partial charge in [-0.15, -0.1) is 0 Å².